The summed E-state index contributed by atoms with van der Waals surface area (Å²) in [5.74, 6) is -0.0627. The van der Waals surface area contributed by atoms with E-state index in [4.69, 9.17) is 23.2 Å². The third-order valence-electron chi connectivity index (χ3n) is 4.80. The van der Waals surface area contributed by atoms with E-state index in [1.165, 1.54) is 4.90 Å². The van der Waals surface area contributed by atoms with E-state index < -0.39 is 6.04 Å². The Balaban J connectivity index is 2.09. The van der Waals surface area contributed by atoms with Crippen LogP contribution in [0.4, 0.5) is 4.79 Å². The minimum absolute atomic E-state index is 0.0627. The average Bonchev–Trinajstić information content (AvgIpc) is 2.91. The van der Waals surface area contributed by atoms with E-state index in [9.17, 15) is 9.59 Å². The smallest absolute Gasteiger partial charge is 0.322 e. The van der Waals surface area contributed by atoms with Crippen molar-refractivity contribution in [3.05, 3.63) is 45.1 Å². The molecule has 0 radical (unpaired) electrons. The fraction of sp³-hybridized carbons (Fsp3) is 0.412. The minimum Gasteiger partial charge on any atom is -0.330 e. The number of nitrogens with one attached hydrogen (secondary N) is 1. The van der Waals surface area contributed by atoms with Crippen LogP contribution in [0.25, 0.3) is 0 Å². The van der Waals surface area contributed by atoms with E-state index in [1.807, 2.05) is 13.8 Å². The number of likely N-dealkylation sites (N-methyl/N-ethyl adjacent to an activating group) is 1. The summed E-state index contributed by atoms with van der Waals surface area (Å²) in [4.78, 5) is 28.6. The van der Waals surface area contributed by atoms with Crippen molar-refractivity contribution in [2.75, 3.05) is 13.6 Å². The predicted molar refractivity (Wildman–Crippen MR) is 94.0 cm³/mol. The molecule has 7 heteroatoms. The topological polar surface area (TPSA) is 52.7 Å². The van der Waals surface area contributed by atoms with Crippen molar-refractivity contribution in [3.63, 3.8) is 0 Å². The molecule has 0 aromatic heterocycles. The summed E-state index contributed by atoms with van der Waals surface area (Å²) < 4.78 is 0. The van der Waals surface area contributed by atoms with Crippen molar-refractivity contribution in [2.45, 2.75) is 32.4 Å². The van der Waals surface area contributed by atoms with Crippen molar-refractivity contribution < 1.29 is 9.59 Å². The summed E-state index contributed by atoms with van der Waals surface area (Å²) in [6.45, 7) is 4.47. The Morgan fingerprint density at radius 3 is 2.71 bits per heavy atom. The molecule has 0 fully saturated rings. The van der Waals surface area contributed by atoms with Crippen LogP contribution in [0.2, 0.25) is 10.0 Å². The third-order valence-corrected chi connectivity index (χ3v) is 5.64. The summed E-state index contributed by atoms with van der Waals surface area (Å²) in [6, 6.07) is 4.49. The first-order chi connectivity index (χ1) is 11.4. The van der Waals surface area contributed by atoms with Gasteiger partial charge in [-0.3, -0.25) is 9.69 Å². The van der Waals surface area contributed by atoms with Crippen LogP contribution in [0.1, 0.15) is 31.9 Å². The van der Waals surface area contributed by atoms with Gasteiger partial charge in [0.1, 0.15) is 0 Å². The van der Waals surface area contributed by atoms with Crippen LogP contribution in [-0.4, -0.2) is 41.4 Å². The first-order valence-electron chi connectivity index (χ1n) is 7.88. The molecule has 24 heavy (non-hydrogen) atoms. The summed E-state index contributed by atoms with van der Waals surface area (Å²) >= 11 is 12.4. The molecule has 0 unspecified atom stereocenters. The molecule has 1 aromatic rings. The maximum Gasteiger partial charge on any atom is 0.322 e. The van der Waals surface area contributed by atoms with Gasteiger partial charge in [-0.2, -0.15) is 0 Å². The van der Waals surface area contributed by atoms with Gasteiger partial charge in [-0.15, -0.1) is 0 Å². The Morgan fingerprint density at radius 1 is 1.33 bits per heavy atom. The van der Waals surface area contributed by atoms with Crippen LogP contribution in [-0.2, 0) is 4.79 Å². The molecule has 2 atom stereocenters. The number of hydrogen-bond acceptors (Lipinski definition) is 2. The van der Waals surface area contributed by atoms with Crippen molar-refractivity contribution in [3.8, 4) is 0 Å². The van der Waals surface area contributed by atoms with Gasteiger partial charge in [0.25, 0.3) is 5.91 Å². The molecule has 0 spiro atoms. The second-order valence-electron chi connectivity index (χ2n) is 6.14. The second-order valence-corrected chi connectivity index (χ2v) is 6.92. The van der Waals surface area contributed by atoms with Crippen LogP contribution in [0.3, 0.4) is 0 Å². The highest BCUT2D eigenvalue weighted by Gasteiger charge is 2.44. The van der Waals surface area contributed by atoms with Gasteiger partial charge in [0.2, 0.25) is 0 Å². The molecule has 0 saturated carbocycles. The van der Waals surface area contributed by atoms with E-state index in [0.717, 1.165) is 12.1 Å². The van der Waals surface area contributed by atoms with E-state index in [-0.39, 0.29) is 18.0 Å². The molecule has 1 N–H and O–H groups in total. The maximum absolute atomic E-state index is 13.0. The zero-order valence-corrected chi connectivity index (χ0v) is 15.3. The zero-order chi connectivity index (χ0) is 17.6. The SMILES string of the molecule is CC[C@H](C)N1CC2=C(C1=O)[C@@H](c1cccc(Cl)c1Cl)NC(=O)N2C. The van der Waals surface area contributed by atoms with Gasteiger partial charge in [0, 0.05) is 13.1 Å². The monoisotopic (exact) mass is 367 g/mol. The Labute approximate surface area is 151 Å². The number of rotatable bonds is 3. The average molecular weight is 368 g/mol. The van der Waals surface area contributed by atoms with Crippen LogP contribution in [0.15, 0.2) is 29.5 Å². The van der Waals surface area contributed by atoms with Gasteiger partial charge >= 0.3 is 6.03 Å². The quantitative estimate of drug-likeness (QED) is 0.887. The second kappa shape index (κ2) is 6.30. The number of carbonyl (C=O) groups excluding carboxylic acids is 2. The molecule has 128 valence electrons. The number of amides is 3. The molecule has 2 aliphatic rings. The molecule has 1 aromatic carbocycles. The Bertz CT molecular complexity index is 747. The molecule has 0 bridgehead atoms. The van der Waals surface area contributed by atoms with Gasteiger partial charge in [-0.1, -0.05) is 42.3 Å². The summed E-state index contributed by atoms with van der Waals surface area (Å²) in [7, 11) is 1.67. The Morgan fingerprint density at radius 2 is 2.04 bits per heavy atom. The number of halogens is 2. The molecule has 5 nitrogen and oxygen atoms in total. The van der Waals surface area contributed by atoms with Gasteiger partial charge in [0.15, 0.2) is 0 Å². The van der Waals surface area contributed by atoms with Crippen molar-refractivity contribution in [1.29, 1.82) is 0 Å². The Kier molecular flexibility index (Phi) is 4.49. The lowest BCUT2D eigenvalue weighted by Crippen LogP contribution is -2.45. The van der Waals surface area contributed by atoms with Crippen LogP contribution < -0.4 is 5.32 Å². The minimum atomic E-state index is -0.587. The molecule has 2 aliphatic heterocycles. The lowest BCUT2D eigenvalue weighted by atomic mass is 9.95. The van der Waals surface area contributed by atoms with Crippen LogP contribution in [0, 0.1) is 0 Å². The van der Waals surface area contributed by atoms with Crippen molar-refractivity contribution in [1.82, 2.24) is 15.1 Å². The zero-order valence-electron chi connectivity index (χ0n) is 13.8. The maximum atomic E-state index is 13.0. The predicted octanol–water partition coefficient (Wildman–Crippen LogP) is 3.58. The fourth-order valence-electron chi connectivity index (χ4n) is 3.14. The third kappa shape index (κ3) is 2.56. The van der Waals surface area contributed by atoms with E-state index in [0.29, 0.717) is 27.7 Å². The van der Waals surface area contributed by atoms with Crippen molar-refractivity contribution in [2.24, 2.45) is 0 Å². The fourth-order valence-corrected chi connectivity index (χ4v) is 3.56. The van der Waals surface area contributed by atoms with E-state index >= 15 is 0 Å². The van der Waals surface area contributed by atoms with Gasteiger partial charge in [-0.05, 0) is 25.0 Å². The van der Waals surface area contributed by atoms with Crippen molar-refractivity contribution >= 4 is 35.1 Å². The number of hydrogen-bond donors (Lipinski definition) is 1. The van der Waals surface area contributed by atoms with E-state index in [2.05, 4.69) is 5.32 Å². The molecule has 0 saturated heterocycles. The Hall–Kier alpha value is -1.72. The van der Waals surface area contributed by atoms with Crippen LogP contribution in [0.5, 0.6) is 0 Å². The molecular weight excluding hydrogens is 349 g/mol. The first kappa shape index (κ1) is 17.1. The number of benzene rings is 1. The summed E-state index contributed by atoms with van der Waals surface area (Å²) in [5.41, 5.74) is 1.93. The molecule has 2 heterocycles. The highest BCUT2D eigenvalue weighted by atomic mass is 35.5. The first-order valence-corrected chi connectivity index (χ1v) is 8.64. The molecule has 3 amide bonds. The largest absolute Gasteiger partial charge is 0.330 e. The number of urea groups is 1. The van der Waals surface area contributed by atoms with Gasteiger partial charge in [-0.25, -0.2) is 4.79 Å². The number of carbonyl (C=O) groups is 2. The molecule has 0 aliphatic carbocycles. The highest BCUT2D eigenvalue weighted by Crippen LogP contribution is 2.40. The van der Waals surface area contributed by atoms with E-state index in [1.54, 1.807) is 30.1 Å². The molecule has 3 rings (SSSR count). The van der Waals surface area contributed by atoms with Gasteiger partial charge < -0.3 is 10.2 Å². The van der Waals surface area contributed by atoms with Crippen LogP contribution >= 0.6 is 23.2 Å². The molecular formula is C17H19Cl2N3O2. The standard InChI is InChI=1S/C17H19Cl2N3O2/c1-4-9(2)22-8-12-13(16(22)23)15(20-17(24)21(12)3)10-6-5-7-11(18)14(10)19/h5-7,9,15H,4,8H2,1-3H3,(H,20,24)/t9-,15+/m0/s1. The lowest BCUT2D eigenvalue weighted by Gasteiger charge is -2.31. The van der Waals surface area contributed by atoms with Gasteiger partial charge in [0.05, 0.1) is 33.9 Å². The normalized spacial score (nSPS) is 22.0. The number of nitrogens with zero attached hydrogens (tertiary/aromatic N) is 2. The lowest BCUT2D eigenvalue weighted by molar-refractivity contribution is -0.127. The highest BCUT2D eigenvalue weighted by molar-refractivity contribution is 6.42. The summed E-state index contributed by atoms with van der Waals surface area (Å²) in [5, 5.41) is 3.62. The summed E-state index contributed by atoms with van der Waals surface area (Å²) in [6.07, 6.45) is 0.847.